The molecule has 0 saturated carbocycles. The predicted octanol–water partition coefficient (Wildman–Crippen LogP) is 13.0. The summed E-state index contributed by atoms with van der Waals surface area (Å²) in [5.74, 6) is 0. The van der Waals surface area contributed by atoms with E-state index in [0.29, 0.717) is 0 Å². The van der Waals surface area contributed by atoms with Crippen molar-refractivity contribution in [3.63, 3.8) is 0 Å². The highest BCUT2D eigenvalue weighted by atomic mass is 14.7. The molecule has 0 saturated heterocycles. The summed E-state index contributed by atoms with van der Waals surface area (Å²) < 4.78 is 0. The van der Waals surface area contributed by atoms with Crippen LogP contribution in [-0.4, -0.2) is 4.98 Å². The molecule has 0 aliphatic heterocycles. The van der Waals surface area contributed by atoms with Gasteiger partial charge in [0, 0.05) is 16.4 Å². The maximum Gasteiger partial charge on any atom is 0.0722 e. The summed E-state index contributed by atoms with van der Waals surface area (Å²) in [6.45, 7) is 4.70. The van der Waals surface area contributed by atoms with Crippen LogP contribution in [-0.2, 0) is 5.41 Å². The first kappa shape index (κ1) is 28.0. The number of aromatic nitrogens is 1. The third kappa shape index (κ3) is 4.15. The fourth-order valence-electron chi connectivity index (χ4n) is 8.49. The minimum atomic E-state index is -0.0399. The van der Waals surface area contributed by atoms with E-state index in [2.05, 4.69) is 178 Å². The lowest BCUT2D eigenvalue weighted by Gasteiger charge is -2.22. The van der Waals surface area contributed by atoms with Crippen LogP contribution in [0.5, 0.6) is 0 Å². The summed E-state index contributed by atoms with van der Waals surface area (Å²) in [6, 6.07) is 60.2. The second kappa shape index (κ2) is 10.5. The second-order valence-electron chi connectivity index (χ2n) is 13.9. The Morgan fingerprint density at radius 2 is 1.02 bits per heavy atom. The van der Waals surface area contributed by atoms with Crippen molar-refractivity contribution in [3.05, 3.63) is 175 Å². The van der Waals surface area contributed by atoms with Crippen LogP contribution in [0.4, 0.5) is 0 Å². The van der Waals surface area contributed by atoms with Crippen LogP contribution in [0, 0.1) is 0 Å². The quantitative estimate of drug-likeness (QED) is 0.178. The molecule has 1 aliphatic carbocycles. The predicted molar refractivity (Wildman–Crippen MR) is 208 cm³/mol. The Balaban J connectivity index is 1.32. The van der Waals surface area contributed by atoms with Gasteiger partial charge in [0.25, 0.3) is 0 Å². The van der Waals surface area contributed by atoms with E-state index in [1.807, 2.05) is 0 Å². The Kier molecular flexibility index (Phi) is 5.99. The molecule has 1 heteroatoms. The number of fused-ring (bicyclic) bond motifs is 7. The number of nitrogens with zero attached hydrogens (tertiary/aromatic N) is 1. The molecule has 0 unspecified atom stereocenters. The van der Waals surface area contributed by atoms with Gasteiger partial charge in [0.05, 0.1) is 11.2 Å². The minimum Gasteiger partial charge on any atom is -0.248 e. The van der Waals surface area contributed by atoms with E-state index in [1.165, 1.54) is 82.4 Å². The molecule has 9 aromatic rings. The van der Waals surface area contributed by atoms with Gasteiger partial charge in [0.15, 0.2) is 0 Å². The molecule has 1 heterocycles. The summed E-state index contributed by atoms with van der Waals surface area (Å²) >= 11 is 0. The lowest BCUT2D eigenvalue weighted by Crippen LogP contribution is -2.14. The Hall–Kier alpha value is -6.05. The number of benzene rings is 8. The van der Waals surface area contributed by atoms with Crippen LogP contribution in [0.2, 0.25) is 0 Å². The molecule has 230 valence electrons. The molecule has 0 N–H and O–H groups in total. The van der Waals surface area contributed by atoms with E-state index in [9.17, 15) is 0 Å². The van der Waals surface area contributed by atoms with E-state index in [4.69, 9.17) is 4.98 Å². The van der Waals surface area contributed by atoms with Gasteiger partial charge in [-0.2, -0.15) is 0 Å². The summed E-state index contributed by atoms with van der Waals surface area (Å²) in [6.07, 6.45) is 0. The fraction of sp³-hybridized carbons (Fsp3) is 0.0625. The molecular formula is C48H33N. The molecule has 1 aromatic heterocycles. The van der Waals surface area contributed by atoms with E-state index in [1.54, 1.807) is 0 Å². The molecule has 0 fully saturated rings. The highest BCUT2D eigenvalue weighted by Crippen LogP contribution is 2.51. The summed E-state index contributed by atoms with van der Waals surface area (Å²) in [7, 11) is 0. The van der Waals surface area contributed by atoms with Crippen LogP contribution in [0.1, 0.15) is 25.0 Å². The van der Waals surface area contributed by atoms with Gasteiger partial charge in [-0.05, 0) is 101 Å². The van der Waals surface area contributed by atoms with Crippen molar-refractivity contribution in [1.82, 2.24) is 4.98 Å². The average molecular weight is 624 g/mol. The largest absolute Gasteiger partial charge is 0.248 e. The van der Waals surface area contributed by atoms with Crippen molar-refractivity contribution in [2.75, 3.05) is 0 Å². The zero-order valence-corrected chi connectivity index (χ0v) is 27.5. The van der Waals surface area contributed by atoms with Crippen LogP contribution in [0.25, 0.3) is 87.9 Å². The van der Waals surface area contributed by atoms with Gasteiger partial charge in [-0.1, -0.05) is 153 Å². The van der Waals surface area contributed by atoms with E-state index in [-0.39, 0.29) is 5.41 Å². The van der Waals surface area contributed by atoms with Gasteiger partial charge < -0.3 is 0 Å². The van der Waals surface area contributed by atoms with Crippen molar-refractivity contribution < 1.29 is 0 Å². The Labute approximate surface area is 286 Å². The highest BCUT2D eigenvalue weighted by Gasteiger charge is 2.35. The lowest BCUT2D eigenvalue weighted by molar-refractivity contribution is 0.660. The minimum absolute atomic E-state index is 0.0399. The van der Waals surface area contributed by atoms with E-state index in [0.717, 1.165) is 16.6 Å². The standard InChI is InChI=1S/C48H33N/c1-48(2)42-20-9-8-16-36(42)40-29-33(23-26-43(40)48)46-37-17-6-7-18-38(37)47(45-27-24-31-13-4-10-21-44(31)49-45)39-25-22-32(28-41(39)46)35-19-11-14-30-12-3-5-15-34(30)35/h3-29H,1-2H3. The maximum atomic E-state index is 5.26. The van der Waals surface area contributed by atoms with Crippen LogP contribution < -0.4 is 0 Å². The van der Waals surface area contributed by atoms with Crippen molar-refractivity contribution >= 4 is 43.2 Å². The van der Waals surface area contributed by atoms with E-state index >= 15 is 0 Å². The first-order valence-electron chi connectivity index (χ1n) is 17.1. The van der Waals surface area contributed by atoms with Gasteiger partial charge in [0.1, 0.15) is 0 Å². The molecule has 0 amide bonds. The molecule has 8 aromatic carbocycles. The van der Waals surface area contributed by atoms with Gasteiger partial charge >= 0.3 is 0 Å². The van der Waals surface area contributed by atoms with Gasteiger partial charge in [-0.3, -0.25) is 0 Å². The second-order valence-corrected chi connectivity index (χ2v) is 13.9. The van der Waals surface area contributed by atoms with E-state index < -0.39 is 0 Å². The zero-order chi connectivity index (χ0) is 32.7. The monoisotopic (exact) mass is 623 g/mol. The molecule has 0 atom stereocenters. The van der Waals surface area contributed by atoms with Crippen LogP contribution in [0.15, 0.2) is 164 Å². The molecule has 0 spiro atoms. The van der Waals surface area contributed by atoms with Crippen molar-refractivity contribution in [2.45, 2.75) is 19.3 Å². The molecule has 49 heavy (non-hydrogen) atoms. The summed E-state index contributed by atoms with van der Waals surface area (Å²) in [5.41, 5.74) is 13.6. The third-order valence-electron chi connectivity index (χ3n) is 10.9. The average Bonchev–Trinajstić information content (AvgIpc) is 3.38. The van der Waals surface area contributed by atoms with Crippen molar-refractivity contribution in [1.29, 1.82) is 0 Å². The first-order chi connectivity index (χ1) is 24.1. The highest BCUT2D eigenvalue weighted by molar-refractivity contribution is 6.22. The summed E-state index contributed by atoms with van der Waals surface area (Å²) in [4.78, 5) is 5.26. The molecule has 0 bridgehead atoms. The van der Waals surface area contributed by atoms with Gasteiger partial charge in [0.2, 0.25) is 0 Å². The smallest absolute Gasteiger partial charge is 0.0722 e. The zero-order valence-electron chi connectivity index (χ0n) is 27.5. The van der Waals surface area contributed by atoms with Crippen LogP contribution in [0.3, 0.4) is 0 Å². The van der Waals surface area contributed by atoms with Crippen molar-refractivity contribution in [2.24, 2.45) is 0 Å². The number of para-hydroxylation sites is 1. The Bertz CT molecular complexity index is 2800. The molecule has 1 aliphatic rings. The van der Waals surface area contributed by atoms with Crippen LogP contribution >= 0.6 is 0 Å². The molecule has 0 radical (unpaired) electrons. The molecule has 10 rings (SSSR count). The molecule has 1 nitrogen and oxygen atoms in total. The van der Waals surface area contributed by atoms with Crippen molar-refractivity contribution in [3.8, 4) is 44.6 Å². The van der Waals surface area contributed by atoms with Gasteiger partial charge in [-0.25, -0.2) is 4.98 Å². The fourth-order valence-corrected chi connectivity index (χ4v) is 8.49. The lowest BCUT2D eigenvalue weighted by atomic mass is 9.81. The SMILES string of the molecule is CC1(C)c2ccccc2-c2cc(-c3c4ccccc4c(-c4ccc5ccccc5n4)c4ccc(-c5cccc6ccccc56)cc34)ccc21. The third-order valence-corrected chi connectivity index (χ3v) is 10.9. The van der Waals surface area contributed by atoms with Gasteiger partial charge in [-0.15, -0.1) is 0 Å². The number of hydrogen-bond donors (Lipinski definition) is 0. The molecular weight excluding hydrogens is 591 g/mol. The summed E-state index contributed by atoms with van der Waals surface area (Å²) in [5, 5.41) is 8.56. The maximum absolute atomic E-state index is 5.26. The first-order valence-corrected chi connectivity index (χ1v) is 17.1. The Morgan fingerprint density at radius 1 is 0.388 bits per heavy atom. The number of pyridine rings is 1. The topological polar surface area (TPSA) is 12.9 Å². The number of hydrogen-bond acceptors (Lipinski definition) is 1. The Morgan fingerprint density at radius 3 is 1.90 bits per heavy atom. The number of rotatable bonds is 3. The normalized spacial score (nSPS) is 13.3.